The van der Waals surface area contributed by atoms with Crippen LogP contribution in [-0.2, 0) is 20.7 Å². The van der Waals surface area contributed by atoms with Crippen molar-refractivity contribution in [2.75, 3.05) is 13.2 Å². The van der Waals surface area contributed by atoms with Crippen molar-refractivity contribution in [2.45, 2.75) is 44.6 Å². The lowest BCUT2D eigenvalue weighted by Gasteiger charge is -2.33. The second kappa shape index (κ2) is 6.71. The fourth-order valence-corrected chi connectivity index (χ4v) is 2.38. The molecule has 0 aliphatic carbocycles. The molecule has 0 aromatic heterocycles. The minimum Gasteiger partial charge on any atom is -0.459 e. The van der Waals surface area contributed by atoms with Crippen LogP contribution in [0.5, 0.6) is 0 Å². The molecule has 0 unspecified atom stereocenters. The topological polar surface area (TPSA) is 35.5 Å². The van der Waals surface area contributed by atoms with Crippen LogP contribution in [0.1, 0.15) is 38.2 Å². The van der Waals surface area contributed by atoms with E-state index in [-0.39, 0.29) is 11.6 Å². The van der Waals surface area contributed by atoms with Gasteiger partial charge in [-0.3, -0.25) is 4.79 Å². The molecule has 1 aromatic rings. The lowest BCUT2D eigenvalue weighted by molar-refractivity contribution is -0.167. The van der Waals surface area contributed by atoms with Crippen LogP contribution in [0.3, 0.4) is 0 Å². The van der Waals surface area contributed by atoms with Gasteiger partial charge in [-0.1, -0.05) is 30.3 Å². The highest BCUT2D eigenvalue weighted by molar-refractivity contribution is 5.70. The van der Waals surface area contributed by atoms with Gasteiger partial charge in [-0.25, -0.2) is 0 Å². The van der Waals surface area contributed by atoms with Gasteiger partial charge in [0.2, 0.25) is 0 Å². The Balaban J connectivity index is 1.62. The second-order valence-corrected chi connectivity index (χ2v) is 5.38. The summed E-state index contributed by atoms with van der Waals surface area (Å²) in [5.41, 5.74) is 0.972. The maximum atomic E-state index is 11.3. The summed E-state index contributed by atoms with van der Waals surface area (Å²) >= 11 is 0. The van der Waals surface area contributed by atoms with E-state index in [9.17, 15) is 4.79 Å². The van der Waals surface area contributed by atoms with E-state index in [2.05, 4.69) is 12.1 Å². The quantitative estimate of drug-likeness (QED) is 0.583. The smallest absolute Gasteiger partial charge is 0.306 e. The molecule has 1 aliphatic rings. The lowest BCUT2D eigenvalue weighted by Crippen LogP contribution is -2.36. The first-order valence-corrected chi connectivity index (χ1v) is 7.01. The molecule has 1 atom stereocenters. The fraction of sp³-hybridized carbons (Fsp3) is 0.562. The first kappa shape index (κ1) is 14.1. The number of carbonyl (C=O) groups is 1. The van der Waals surface area contributed by atoms with Crippen LogP contribution < -0.4 is 0 Å². The Morgan fingerprint density at radius 2 is 2.05 bits per heavy atom. The van der Waals surface area contributed by atoms with E-state index in [1.807, 2.05) is 25.1 Å². The van der Waals surface area contributed by atoms with Crippen molar-refractivity contribution < 1.29 is 14.3 Å². The van der Waals surface area contributed by atoms with Gasteiger partial charge in [-0.15, -0.1) is 0 Å². The van der Waals surface area contributed by atoms with E-state index < -0.39 is 0 Å². The third kappa shape index (κ3) is 4.67. The van der Waals surface area contributed by atoms with Crippen molar-refractivity contribution in [1.29, 1.82) is 0 Å². The van der Waals surface area contributed by atoms with E-state index >= 15 is 0 Å². The number of cyclic esters (lactones) is 1. The number of benzene rings is 1. The molecule has 2 rings (SSSR count). The maximum Gasteiger partial charge on any atom is 0.306 e. The molecule has 1 saturated heterocycles. The number of esters is 1. The van der Waals surface area contributed by atoms with Crippen molar-refractivity contribution in [3.63, 3.8) is 0 Å². The second-order valence-electron chi connectivity index (χ2n) is 5.38. The molecule has 1 aromatic carbocycles. The van der Waals surface area contributed by atoms with Crippen LogP contribution in [0.4, 0.5) is 0 Å². The molecule has 0 N–H and O–H groups in total. The Morgan fingerprint density at radius 3 is 2.79 bits per heavy atom. The van der Waals surface area contributed by atoms with Gasteiger partial charge >= 0.3 is 5.97 Å². The zero-order valence-electron chi connectivity index (χ0n) is 11.6. The van der Waals surface area contributed by atoms with Gasteiger partial charge in [-0.2, -0.15) is 0 Å². The molecular weight excluding hydrogens is 240 g/mol. The summed E-state index contributed by atoms with van der Waals surface area (Å²) in [5, 5.41) is 0. The van der Waals surface area contributed by atoms with Crippen LogP contribution in [0.15, 0.2) is 30.3 Å². The van der Waals surface area contributed by atoms with E-state index in [1.54, 1.807) is 0 Å². The maximum absolute atomic E-state index is 11.3. The summed E-state index contributed by atoms with van der Waals surface area (Å²) in [7, 11) is 0. The third-order valence-electron chi connectivity index (χ3n) is 3.60. The average Bonchev–Trinajstić information content (AvgIpc) is 2.39. The Labute approximate surface area is 114 Å². The first-order valence-electron chi connectivity index (χ1n) is 7.01. The summed E-state index contributed by atoms with van der Waals surface area (Å²) in [6.07, 6.45) is 4.15. The van der Waals surface area contributed by atoms with Crippen LogP contribution >= 0.6 is 0 Å². The van der Waals surface area contributed by atoms with Crippen LogP contribution in [0.2, 0.25) is 0 Å². The Bertz CT molecular complexity index is 402. The monoisotopic (exact) mass is 262 g/mol. The molecule has 0 saturated carbocycles. The molecule has 1 fully saturated rings. The van der Waals surface area contributed by atoms with Crippen molar-refractivity contribution in [3.05, 3.63) is 35.9 Å². The van der Waals surface area contributed by atoms with E-state index in [0.29, 0.717) is 19.6 Å². The van der Waals surface area contributed by atoms with Crippen molar-refractivity contribution in [1.82, 2.24) is 0 Å². The molecule has 0 spiro atoms. The number of carbonyl (C=O) groups excluding carboxylic acids is 1. The normalized spacial score (nSPS) is 23.1. The number of hydrogen-bond donors (Lipinski definition) is 0. The molecule has 0 radical (unpaired) electrons. The SMILES string of the molecule is C[C@@]1(CCOCCc2ccccc2)CCCC(=O)O1. The van der Waals surface area contributed by atoms with Gasteiger partial charge in [0.25, 0.3) is 0 Å². The summed E-state index contributed by atoms with van der Waals surface area (Å²) in [6.45, 7) is 3.37. The first-order chi connectivity index (χ1) is 9.18. The molecule has 0 amide bonds. The van der Waals surface area contributed by atoms with Crippen LogP contribution in [0, 0.1) is 0 Å². The summed E-state index contributed by atoms with van der Waals surface area (Å²) < 4.78 is 11.1. The van der Waals surface area contributed by atoms with Gasteiger partial charge in [-0.05, 0) is 31.7 Å². The fourth-order valence-electron chi connectivity index (χ4n) is 2.38. The van der Waals surface area contributed by atoms with Gasteiger partial charge in [0.15, 0.2) is 0 Å². The molecule has 3 nitrogen and oxygen atoms in total. The predicted molar refractivity (Wildman–Crippen MR) is 73.9 cm³/mol. The zero-order chi connectivity index (χ0) is 13.6. The summed E-state index contributed by atoms with van der Waals surface area (Å²) in [4.78, 5) is 11.3. The zero-order valence-corrected chi connectivity index (χ0v) is 11.6. The molecule has 1 heterocycles. The minimum absolute atomic E-state index is 0.0713. The van der Waals surface area contributed by atoms with E-state index in [0.717, 1.165) is 25.7 Å². The number of ether oxygens (including phenoxy) is 2. The van der Waals surface area contributed by atoms with E-state index in [4.69, 9.17) is 9.47 Å². The van der Waals surface area contributed by atoms with Crippen molar-refractivity contribution >= 4 is 5.97 Å². The van der Waals surface area contributed by atoms with Crippen LogP contribution in [-0.4, -0.2) is 24.8 Å². The Kier molecular flexibility index (Phi) is 4.97. The highest BCUT2D eigenvalue weighted by Crippen LogP contribution is 2.28. The summed E-state index contributed by atoms with van der Waals surface area (Å²) in [6, 6.07) is 10.3. The highest BCUT2D eigenvalue weighted by Gasteiger charge is 2.32. The molecule has 19 heavy (non-hydrogen) atoms. The van der Waals surface area contributed by atoms with Gasteiger partial charge < -0.3 is 9.47 Å². The van der Waals surface area contributed by atoms with Crippen LogP contribution in [0.25, 0.3) is 0 Å². The van der Waals surface area contributed by atoms with Crippen molar-refractivity contribution in [3.8, 4) is 0 Å². The van der Waals surface area contributed by atoms with E-state index in [1.165, 1.54) is 5.56 Å². The molecular formula is C16H22O3. The van der Waals surface area contributed by atoms with Gasteiger partial charge in [0.1, 0.15) is 5.60 Å². The highest BCUT2D eigenvalue weighted by atomic mass is 16.6. The molecule has 3 heteroatoms. The largest absolute Gasteiger partial charge is 0.459 e. The number of rotatable bonds is 6. The van der Waals surface area contributed by atoms with Gasteiger partial charge in [0.05, 0.1) is 13.2 Å². The number of hydrogen-bond acceptors (Lipinski definition) is 3. The minimum atomic E-state index is -0.317. The summed E-state index contributed by atoms with van der Waals surface area (Å²) in [5.74, 6) is -0.0713. The lowest BCUT2D eigenvalue weighted by atomic mass is 9.93. The molecule has 0 bridgehead atoms. The Hall–Kier alpha value is -1.35. The van der Waals surface area contributed by atoms with Crippen molar-refractivity contribution in [2.24, 2.45) is 0 Å². The predicted octanol–water partition coefficient (Wildman–Crippen LogP) is 3.12. The molecule has 104 valence electrons. The third-order valence-corrected chi connectivity index (χ3v) is 3.60. The standard InChI is InChI=1S/C16H22O3/c1-16(10-5-8-15(17)19-16)11-13-18-12-9-14-6-3-2-4-7-14/h2-4,6-7H,5,8-13H2,1H3/t16-/m0/s1. The Morgan fingerprint density at radius 1 is 1.26 bits per heavy atom. The molecule has 1 aliphatic heterocycles. The average molecular weight is 262 g/mol. The van der Waals surface area contributed by atoms with Gasteiger partial charge in [0, 0.05) is 12.8 Å².